The van der Waals surface area contributed by atoms with Crippen molar-refractivity contribution in [1.29, 1.82) is 0 Å². The highest BCUT2D eigenvalue weighted by Gasteiger charge is 2.29. The number of amides is 2. The molecule has 3 N–H and O–H groups in total. The minimum atomic E-state index is -0.534. The zero-order valence-electron chi connectivity index (χ0n) is 9.87. The van der Waals surface area contributed by atoms with Crippen molar-refractivity contribution in [2.24, 2.45) is 0 Å². The highest BCUT2D eigenvalue weighted by Crippen LogP contribution is 2.04. The second-order valence-electron chi connectivity index (χ2n) is 3.85. The van der Waals surface area contributed by atoms with Crippen molar-refractivity contribution in [3.63, 3.8) is 0 Å². The van der Waals surface area contributed by atoms with Crippen LogP contribution in [0, 0.1) is 0 Å². The fraction of sp³-hybridized carbons (Fsp3) is 0.800. The SMILES string of the molecule is CNC(=O)[C@@H](C)NC(=O)[C@H]1NCCO[C@@H]1C. The van der Waals surface area contributed by atoms with Crippen LogP contribution in [0.2, 0.25) is 0 Å². The molecule has 0 bridgehead atoms. The van der Waals surface area contributed by atoms with Crippen molar-refractivity contribution >= 4 is 11.8 Å². The number of morpholine rings is 1. The predicted molar refractivity (Wildman–Crippen MR) is 58.9 cm³/mol. The molecule has 1 rings (SSSR count). The van der Waals surface area contributed by atoms with Gasteiger partial charge in [-0.15, -0.1) is 0 Å². The second-order valence-corrected chi connectivity index (χ2v) is 3.85. The summed E-state index contributed by atoms with van der Waals surface area (Å²) in [4.78, 5) is 23.0. The Morgan fingerprint density at radius 3 is 2.75 bits per heavy atom. The highest BCUT2D eigenvalue weighted by atomic mass is 16.5. The Morgan fingerprint density at radius 2 is 2.19 bits per heavy atom. The smallest absolute Gasteiger partial charge is 0.242 e. The number of carbonyl (C=O) groups is 2. The van der Waals surface area contributed by atoms with Gasteiger partial charge < -0.3 is 20.7 Å². The Labute approximate surface area is 95.1 Å². The van der Waals surface area contributed by atoms with Gasteiger partial charge in [-0.2, -0.15) is 0 Å². The Bertz CT molecular complexity index is 270. The maximum atomic E-state index is 11.8. The van der Waals surface area contributed by atoms with Gasteiger partial charge in [0, 0.05) is 13.6 Å². The van der Waals surface area contributed by atoms with Gasteiger partial charge in [0.15, 0.2) is 0 Å². The van der Waals surface area contributed by atoms with E-state index in [0.717, 1.165) is 0 Å². The Hall–Kier alpha value is -1.14. The lowest BCUT2D eigenvalue weighted by atomic mass is 10.1. The zero-order chi connectivity index (χ0) is 12.1. The zero-order valence-corrected chi connectivity index (χ0v) is 9.87. The fourth-order valence-electron chi connectivity index (χ4n) is 1.61. The lowest BCUT2D eigenvalue weighted by Crippen LogP contribution is -2.58. The number of rotatable bonds is 3. The number of ether oxygens (including phenoxy) is 1. The molecule has 16 heavy (non-hydrogen) atoms. The minimum Gasteiger partial charge on any atom is -0.375 e. The van der Waals surface area contributed by atoms with Gasteiger partial charge in [0.1, 0.15) is 12.1 Å². The van der Waals surface area contributed by atoms with Crippen LogP contribution in [0.5, 0.6) is 0 Å². The monoisotopic (exact) mass is 229 g/mol. The van der Waals surface area contributed by atoms with E-state index in [9.17, 15) is 9.59 Å². The van der Waals surface area contributed by atoms with Gasteiger partial charge in [-0.05, 0) is 13.8 Å². The maximum absolute atomic E-state index is 11.8. The van der Waals surface area contributed by atoms with Crippen LogP contribution in [0.15, 0.2) is 0 Å². The van der Waals surface area contributed by atoms with Gasteiger partial charge in [-0.1, -0.05) is 0 Å². The molecule has 3 atom stereocenters. The number of hydrogen-bond acceptors (Lipinski definition) is 4. The molecule has 2 amide bonds. The molecule has 0 aromatic heterocycles. The van der Waals surface area contributed by atoms with E-state index in [1.54, 1.807) is 6.92 Å². The molecule has 0 aliphatic carbocycles. The Morgan fingerprint density at radius 1 is 1.50 bits per heavy atom. The predicted octanol–water partition coefficient (Wildman–Crippen LogP) is -1.39. The van der Waals surface area contributed by atoms with E-state index >= 15 is 0 Å². The quantitative estimate of drug-likeness (QED) is 0.557. The van der Waals surface area contributed by atoms with Crippen molar-refractivity contribution in [3.8, 4) is 0 Å². The first kappa shape index (κ1) is 12.9. The van der Waals surface area contributed by atoms with Crippen LogP contribution in [0.1, 0.15) is 13.8 Å². The third-order valence-electron chi connectivity index (χ3n) is 2.60. The standard InChI is InChI=1S/C10H19N3O3/c1-6(9(14)11-3)13-10(15)8-7(2)16-5-4-12-8/h6-8,12H,4-5H2,1-3H3,(H,11,14)(H,13,15)/t6-,7-,8+/m1/s1. The summed E-state index contributed by atoms with van der Waals surface area (Å²) in [6.45, 7) is 4.73. The molecule has 1 aliphatic heterocycles. The molecule has 0 aromatic rings. The number of carbonyl (C=O) groups excluding carboxylic acids is 2. The first-order valence-electron chi connectivity index (χ1n) is 5.43. The number of hydrogen-bond donors (Lipinski definition) is 3. The van der Waals surface area contributed by atoms with E-state index in [2.05, 4.69) is 16.0 Å². The third-order valence-corrected chi connectivity index (χ3v) is 2.60. The van der Waals surface area contributed by atoms with Crippen molar-refractivity contribution in [2.45, 2.75) is 32.0 Å². The molecule has 0 aromatic carbocycles. The molecule has 0 radical (unpaired) electrons. The lowest BCUT2D eigenvalue weighted by molar-refractivity contribution is -0.133. The fourth-order valence-corrected chi connectivity index (χ4v) is 1.61. The molecule has 6 heteroatoms. The van der Waals surface area contributed by atoms with Crippen molar-refractivity contribution in [2.75, 3.05) is 20.2 Å². The molecule has 1 fully saturated rings. The van der Waals surface area contributed by atoms with Crippen LogP contribution >= 0.6 is 0 Å². The summed E-state index contributed by atoms with van der Waals surface area (Å²) in [6, 6.07) is -0.922. The van der Waals surface area contributed by atoms with E-state index in [1.165, 1.54) is 7.05 Å². The van der Waals surface area contributed by atoms with Crippen molar-refractivity contribution in [1.82, 2.24) is 16.0 Å². The molecule has 1 saturated heterocycles. The summed E-state index contributed by atoms with van der Waals surface area (Å²) in [5.41, 5.74) is 0. The van der Waals surface area contributed by atoms with Crippen LogP contribution in [0.3, 0.4) is 0 Å². The Balaban J connectivity index is 2.47. The summed E-state index contributed by atoms with van der Waals surface area (Å²) in [5.74, 6) is -0.416. The van der Waals surface area contributed by atoms with Gasteiger partial charge in [-0.3, -0.25) is 9.59 Å². The molecule has 6 nitrogen and oxygen atoms in total. The first-order chi connectivity index (χ1) is 7.56. The summed E-state index contributed by atoms with van der Waals surface area (Å²) >= 11 is 0. The molecular weight excluding hydrogens is 210 g/mol. The van der Waals surface area contributed by atoms with Gasteiger partial charge in [0.25, 0.3) is 0 Å². The Kier molecular flexibility index (Phi) is 4.70. The van der Waals surface area contributed by atoms with Gasteiger partial charge >= 0.3 is 0 Å². The van der Waals surface area contributed by atoms with Gasteiger partial charge in [0.2, 0.25) is 11.8 Å². The highest BCUT2D eigenvalue weighted by molar-refractivity contribution is 5.89. The van der Waals surface area contributed by atoms with E-state index in [4.69, 9.17) is 4.74 Å². The van der Waals surface area contributed by atoms with E-state index in [-0.39, 0.29) is 24.0 Å². The molecule has 1 heterocycles. The third kappa shape index (κ3) is 3.18. The second kappa shape index (κ2) is 5.81. The molecular formula is C10H19N3O3. The molecule has 0 saturated carbocycles. The van der Waals surface area contributed by atoms with Crippen LogP contribution < -0.4 is 16.0 Å². The van der Waals surface area contributed by atoms with Crippen molar-refractivity contribution in [3.05, 3.63) is 0 Å². The number of likely N-dealkylation sites (N-methyl/N-ethyl adjacent to an activating group) is 1. The average molecular weight is 229 g/mol. The van der Waals surface area contributed by atoms with E-state index in [1.807, 2.05) is 6.92 Å². The van der Waals surface area contributed by atoms with E-state index < -0.39 is 6.04 Å². The first-order valence-corrected chi connectivity index (χ1v) is 5.43. The lowest BCUT2D eigenvalue weighted by Gasteiger charge is -2.30. The van der Waals surface area contributed by atoms with E-state index in [0.29, 0.717) is 13.2 Å². The summed E-state index contributed by atoms with van der Waals surface area (Å²) < 4.78 is 5.36. The summed E-state index contributed by atoms with van der Waals surface area (Å²) in [7, 11) is 1.54. The molecule has 92 valence electrons. The summed E-state index contributed by atoms with van der Waals surface area (Å²) in [6.07, 6.45) is -0.175. The molecule has 0 spiro atoms. The van der Waals surface area contributed by atoms with Crippen LogP contribution in [0.4, 0.5) is 0 Å². The largest absolute Gasteiger partial charge is 0.375 e. The van der Waals surface area contributed by atoms with Gasteiger partial charge in [-0.25, -0.2) is 0 Å². The number of nitrogens with one attached hydrogen (secondary N) is 3. The summed E-state index contributed by atoms with van der Waals surface area (Å²) in [5, 5.41) is 8.18. The van der Waals surface area contributed by atoms with Crippen LogP contribution in [-0.2, 0) is 14.3 Å². The van der Waals surface area contributed by atoms with Crippen LogP contribution in [0.25, 0.3) is 0 Å². The maximum Gasteiger partial charge on any atom is 0.242 e. The molecule has 1 aliphatic rings. The minimum absolute atomic E-state index is 0.175. The normalized spacial score (nSPS) is 26.9. The van der Waals surface area contributed by atoms with Crippen LogP contribution in [-0.4, -0.2) is 50.2 Å². The molecule has 0 unspecified atom stereocenters. The average Bonchev–Trinajstić information content (AvgIpc) is 2.28. The topological polar surface area (TPSA) is 79.5 Å². The van der Waals surface area contributed by atoms with Gasteiger partial charge in [0.05, 0.1) is 12.7 Å². The van der Waals surface area contributed by atoms with Crippen molar-refractivity contribution < 1.29 is 14.3 Å².